The Kier molecular flexibility index (Phi) is 4.81. The number of para-hydroxylation sites is 1. The van der Waals surface area contributed by atoms with Gasteiger partial charge >= 0.3 is 0 Å². The van der Waals surface area contributed by atoms with Gasteiger partial charge in [0.25, 0.3) is 5.91 Å². The highest BCUT2D eigenvalue weighted by Crippen LogP contribution is 2.26. The molecule has 0 aliphatic rings. The van der Waals surface area contributed by atoms with Gasteiger partial charge in [0.15, 0.2) is 0 Å². The summed E-state index contributed by atoms with van der Waals surface area (Å²) in [5.41, 5.74) is 5.02. The molecule has 0 fully saturated rings. The van der Waals surface area contributed by atoms with Crippen LogP contribution in [0.2, 0.25) is 0 Å². The van der Waals surface area contributed by atoms with Crippen molar-refractivity contribution < 1.29 is 9.53 Å². The van der Waals surface area contributed by atoms with Gasteiger partial charge in [0, 0.05) is 17.4 Å². The van der Waals surface area contributed by atoms with Crippen LogP contribution in [0.25, 0.3) is 0 Å². The van der Waals surface area contributed by atoms with E-state index in [-0.39, 0.29) is 5.91 Å². The predicted molar refractivity (Wildman–Crippen MR) is 88.8 cm³/mol. The van der Waals surface area contributed by atoms with E-state index in [9.17, 15) is 4.79 Å². The molecule has 0 unspecified atom stereocenters. The van der Waals surface area contributed by atoms with Crippen molar-refractivity contribution in [3.8, 4) is 5.75 Å². The van der Waals surface area contributed by atoms with Crippen LogP contribution in [-0.4, -0.2) is 18.0 Å². The van der Waals surface area contributed by atoms with Gasteiger partial charge in [-0.05, 0) is 38.3 Å². The highest BCUT2D eigenvalue weighted by Gasteiger charge is 2.19. The zero-order valence-corrected chi connectivity index (χ0v) is 13.8. The fourth-order valence-corrected chi connectivity index (χ4v) is 2.61. The lowest BCUT2D eigenvalue weighted by Gasteiger charge is -2.16. The van der Waals surface area contributed by atoms with Crippen LogP contribution in [0, 0.1) is 20.8 Å². The molecule has 2 aromatic rings. The molecular formula is C18H22N2O2. The molecule has 0 bridgehead atoms. The Labute approximate surface area is 131 Å². The minimum Gasteiger partial charge on any atom is -0.496 e. The van der Waals surface area contributed by atoms with Crippen molar-refractivity contribution in [2.75, 3.05) is 12.4 Å². The van der Waals surface area contributed by atoms with Gasteiger partial charge in [-0.1, -0.05) is 25.1 Å². The number of rotatable bonds is 4. The van der Waals surface area contributed by atoms with Crippen LogP contribution in [0.15, 0.2) is 24.3 Å². The number of nitrogens with one attached hydrogen (secondary N) is 1. The third kappa shape index (κ3) is 3.11. The standard InChI is InChI=1S/C18H22N2O2/c1-6-14-9-7-8-11(2)17(14)20-18(21)16-13(4)19-12(3)10-15(16)22-5/h7-10H,6H2,1-5H3,(H,20,21). The molecule has 0 saturated carbocycles. The molecule has 0 aliphatic carbocycles. The Bertz CT molecular complexity index is 708. The quantitative estimate of drug-likeness (QED) is 0.933. The van der Waals surface area contributed by atoms with Crippen LogP contribution in [0.5, 0.6) is 5.75 Å². The van der Waals surface area contributed by atoms with Crippen molar-refractivity contribution in [1.29, 1.82) is 0 Å². The van der Waals surface area contributed by atoms with Crippen LogP contribution < -0.4 is 10.1 Å². The molecule has 1 N–H and O–H groups in total. The number of carbonyl (C=O) groups excluding carboxylic acids is 1. The first kappa shape index (κ1) is 16.0. The van der Waals surface area contributed by atoms with Gasteiger partial charge in [0.05, 0.1) is 12.8 Å². The molecule has 1 heterocycles. The van der Waals surface area contributed by atoms with Crippen molar-refractivity contribution >= 4 is 11.6 Å². The Morgan fingerprint density at radius 3 is 2.64 bits per heavy atom. The molecule has 0 spiro atoms. The van der Waals surface area contributed by atoms with E-state index in [1.54, 1.807) is 13.2 Å². The molecule has 4 nitrogen and oxygen atoms in total. The summed E-state index contributed by atoms with van der Waals surface area (Å²) in [6.07, 6.45) is 0.861. The van der Waals surface area contributed by atoms with E-state index in [1.807, 2.05) is 39.0 Å². The third-order valence-corrected chi connectivity index (χ3v) is 3.72. The van der Waals surface area contributed by atoms with Crippen LogP contribution >= 0.6 is 0 Å². The van der Waals surface area contributed by atoms with Gasteiger partial charge in [-0.15, -0.1) is 0 Å². The second kappa shape index (κ2) is 6.60. The fraction of sp³-hybridized carbons (Fsp3) is 0.333. The smallest absolute Gasteiger partial charge is 0.261 e. The largest absolute Gasteiger partial charge is 0.496 e. The zero-order chi connectivity index (χ0) is 16.3. The summed E-state index contributed by atoms with van der Waals surface area (Å²) in [5.74, 6) is 0.361. The molecule has 1 aromatic heterocycles. The van der Waals surface area contributed by atoms with Crippen molar-refractivity contribution in [3.05, 3.63) is 52.3 Å². The van der Waals surface area contributed by atoms with E-state index < -0.39 is 0 Å². The van der Waals surface area contributed by atoms with Crippen molar-refractivity contribution in [3.63, 3.8) is 0 Å². The minimum atomic E-state index is -0.189. The predicted octanol–water partition coefficient (Wildman–Crippen LogP) is 3.83. The molecule has 0 aliphatic heterocycles. The summed E-state index contributed by atoms with van der Waals surface area (Å²) in [7, 11) is 1.57. The summed E-state index contributed by atoms with van der Waals surface area (Å²) < 4.78 is 5.35. The van der Waals surface area contributed by atoms with Gasteiger partial charge in [-0.3, -0.25) is 9.78 Å². The molecule has 1 amide bonds. The van der Waals surface area contributed by atoms with E-state index in [1.165, 1.54) is 0 Å². The second-order valence-electron chi connectivity index (χ2n) is 5.34. The average molecular weight is 298 g/mol. The first-order chi connectivity index (χ1) is 10.5. The molecule has 0 atom stereocenters. The van der Waals surface area contributed by atoms with E-state index in [4.69, 9.17) is 4.74 Å². The molecule has 2 rings (SSSR count). The lowest BCUT2D eigenvalue weighted by atomic mass is 10.0. The maximum atomic E-state index is 12.7. The summed E-state index contributed by atoms with van der Waals surface area (Å²) in [6, 6.07) is 7.80. The van der Waals surface area contributed by atoms with Crippen LogP contribution in [0.4, 0.5) is 5.69 Å². The number of methoxy groups -OCH3 is 1. The second-order valence-corrected chi connectivity index (χ2v) is 5.34. The molecule has 4 heteroatoms. The van der Waals surface area contributed by atoms with Crippen molar-refractivity contribution in [2.24, 2.45) is 0 Å². The average Bonchev–Trinajstić information content (AvgIpc) is 2.48. The maximum Gasteiger partial charge on any atom is 0.261 e. The number of ether oxygens (including phenoxy) is 1. The number of nitrogens with zero attached hydrogens (tertiary/aromatic N) is 1. The number of aromatic nitrogens is 1. The van der Waals surface area contributed by atoms with Gasteiger partial charge in [-0.25, -0.2) is 0 Å². The van der Waals surface area contributed by atoms with Crippen LogP contribution in [-0.2, 0) is 6.42 Å². The first-order valence-electron chi connectivity index (χ1n) is 7.40. The molecule has 116 valence electrons. The first-order valence-corrected chi connectivity index (χ1v) is 7.40. The minimum absolute atomic E-state index is 0.189. The number of aryl methyl sites for hydroxylation is 4. The Balaban J connectivity index is 2.43. The van der Waals surface area contributed by atoms with Gasteiger partial charge < -0.3 is 10.1 Å². The van der Waals surface area contributed by atoms with E-state index in [2.05, 4.69) is 17.2 Å². The third-order valence-electron chi connectivity index (χ3n) is 3.72. The summed E-state index contributed by atoms with van der Waals surface area (Å²) in [5, 5.41) is 3.02. The lowest BCUT2D eigenvalue weighted by Crippen LogP contribution is -2.17. The van der Waals surface area contributed by atoms with Crippen molar-refractivity contribution in [1.82, 2.24) is 4.98 Å². The molecule has 0 saturated heterocycles. The number of amides is 1. The van der Waals surface area contributed by atoms with Gasteiger partial charge in [-0.2, -0.15) is 0 Å². The monoisotopic (exact) mass is 298 g/mol. The number of carbonyl (C=O) groups is 1. The Morgan fingerprint density at radius 1 is 1.27 bits per heavy atom. The molecule has 22 heavy (non-hydrogen) atoms. The number of hydrogen-bond donors (Lipinski definition) is 1. The van der Waals surface area contributed by atoms with E-state index >= 15 is 0 Å². The number of anilines is 1. The van der Waals surface area contributed by atoms with Crippen LogP contribution in [0.3, 0.4) is 0 Å². The summed E-state index contributed by atoms with van der Waals surface area (Å²) >= 11 is 0. The van der Waals surface area contributed by atoms with Crippen molar-refractivity contribution in [2.45, 2.75) is 34.1 Å². The highest BCUT2D eigenvalue weighted by molar-refractivity contribution is 6.07. The van der Waals surface area contributed by atoms with E-state index in [0.29, 0.717) is 17.0 Å². The topological polar surface area (TPSA) is 51.2 Å². The molecular weight excluding hydrogens is 276 g/mol. The Morgan fingerprint density at radius 2 is 2.00 bits per heavy atom. The van der Waals surface area contributed by atoms with E-state index in [0.717, 1.165) is 28.9 Å². The van der Waals surface area contributed by atoms with Gasteiger partial charge in [0.1, 0.15) is 11.3 Å². The summed E-state index contributed by atoms with van der Waals surface area (Å²) in [4.78, 5) is 17.1. The zero-order valence-electron chi connectivity index (χ0n) is 13.8. The number of benzene rings is 1. The maximum absolute atomic E-state index is 12.7. The Hall–Kier alpha value is -2.36. The highest BCUT2D eigenvalue weighted by atomic mass is 16.5. The molecule has 1 aromatic carbocycles. The lowest BCUT2D eigenvalue weighted by molar-refractivity contribution is 0.102. The molecule has 0 radical (unpaired) electrons. The van der Waals surface area contributed by atoms with Crippen LogP contribution in [0.1, 0.15) is 39.8 Å². The van der Waals surface area contributed by atoms with Gasteiger partial charge in [0.2, 0.25) is 0 Å². The fourth-order valence-electron chi connectivity index (χ4n) is 2.61. The summed E-state index contributed by atoms with van der Waals surface area (Å²) in [6.45, 7) is 7.77. The SMILES string of the molecule is CCc1cccc(C)c1NC(=O)c1c(OC)cc(C)nc1C. The number of hydrogen-bond acceptors (Lipinski definition) is 3. The normalized spacial score (nSPS) is 10.4. The number of pyridine rings is 1.